The molecule has 4 radical (unpaired) electrons. The van der Waals surface area contributed by atoms with Crippen LogP contribution < -0.4 is 0 Å². The van der Waals surface area contributed by atoms with Crippen LogP contribution in [0.1, 0.15) is 83.1 Å². The van der Waals surface area contributed by atoms with Gasteiger partial charge >= 0.3 is 0 Å². The quantitative estimate of drug-likeness (QED) is 0.383. The summed E-state index contributed by atoms with van der Waals surface area (Å²) in [6.45, 7) is 25.7. The molecular formula is C18H38O3Si2. The molecular weight excluding hydrogens is 320 g/mol. The fourth-order valence-corrected chi connectivity index (χ4v) is 2.95. The Morgan fingerprint density at radius 2 is 0.826 bits per heavy atom. The highest BCUT2D eigenvalue weighted by Gasteiger charge is 2.36. The van der Waals surface area contributed by atoms with Crippen molar-refractivity contribution in [1.82, 2.24) is 0 Å². The van der Waals surface area contributed by atoms with Crippen LogP contribution in [0.2, 0.25) is 10.1 Å². The maximum absolute atomic E-state index is 6.15. The van der Waals surface area contributed by atoms with Crippen LogP contribution in [0.5, 0.6) is 0 Å². The van der Waals surface area contributed by atoms with Gasteiger partial charge in [-0.2, -0.15) is 0 Å². The Hall–Kier alpha value is 0.314. The summed E-state index contributed by atoms with van der Waals surface area (Å²) in [7, 11) is 0.771. The molecule has 0 unspecified atom stereocenters. The number of hydrogen-bond acceptors (Lipinski definition) is 3. The lowest BCUT2D eigenvalue weighted by Gasteiger charge is -2.40. The van der Waals surface area contributed by atoms with Gasteiger partial charge in [0.25, 0.3) is 0 Å². The molecule has 136 valence electrons. The summed E-state index contributed by atoms with van der Waals surface area (Å²) in [5.74, 6) is -0.204. The molecule has 0 saturated heterocycles. The minimum atomic E-state index is -0.666. The van der Waals surface area contributed by atoms with E-state index >= 15 is 0 Å². The Labute approximate surface area is 150 Å². The van der Waals surface area contributed by atoms with E-state index in [1.807, 2.05) is 27.7 Å². The lowest BCUT2D eigenvalue weighted by molar-refractivity contribution is -0.284. The van der Waals surface area contributed by atoms with Crippen LogP contribution in [0.15, 0.2) is 0 Å². The summed E-state index contributed by atoms with van der Waals surface area (Å²) in [6, 6.07) is 0. The van der Waals surface area contributed by atoms with Gasteiger partial charge in [0, 0.05) is 0 Å². The van der Waals surface area contributed by atoms with Crippen molar-refractivity contribution in [1.29, 1.82) is 0 Å². The number of hydrogen-bond donors (Lipinski definition) is 0. The van der Waals surface area contributed by atoms with Crippen molar-refractivity contribution < 1.29 is 13.6 Å². The van der Waals surface area contributed by atoms with E-state index in [9.17, 15) is 0 Å². The third-order valence-electron chi connectivity index (χ3n) is 4.50. The molecule has 0 atom stereocenters. The van der Waals surface area contributed by atoms with Gasteiger partial charge in [0.15, 0.2) is 11.6 Å². The molecule has 0 bridgehead atoms. The Kier molecular flexibility index (Phi) is 8.24. The molecule has 0 fully saturated rings. The third-order valence-corrected chi connectivity index (χ3v) is 7.89. The Morgan fingerprint density at radius 3 is 1.04 bits per heavy atom. The average molecular weight is 359 g/mol. The van der Waals surface area contributed by atoms with Crippen LogP contribution in [-0.4, -0.2) is 31.1 Å². The molecule has 0 heterocycles. The van der Waals surface area contributed by atoms with E-state index in [-0.39, 0.29) is 10.1 Å². The number of rotatable bonds is 10. The zero-order valence-corrected chi connectivity index (χ0v) is 19.4. The second-order valence-corrected chi connectivity index (χ2v) is 12.5. The molecule has 0 aromatic heterocycles. The normalized spacial score (nSPS) is 14.9. The van der Waals surface area contributed by atoms with Crippen molar-refractivity contribution in [3.05, 3.63) is 0 Å². The number of ether oxygens (including phenoxy) is 1. The molecule has 0 aliphatic rings. The van der Waals surface area contributed by atoms with Crippen molar-refractivity contribution in [3.8, 4) is 0 Å². The molecule has 5 heteroatoms. The van der Waals surface area contributed by atoms with E-state index in [0.29, 0.717) is 31.4 Å². The molecule has 3 nitrogen and oxygen atoms in total. The monoisotopic (exact) mass is 358 g/mol. The zero-order valence-electron chi connectivity index (χ0n) is 17.4. The van der Waals surface area contributed by atoms with E-state index < -0.39 is 11.6 Å². The summed E-state index contributed by atoms with van der Waals surface area (Å²) >= 11 is 0. The molecule has 0 aliphatic carbocycles. The second-order valence-electron chi connectivity index (χ2n) is 9.06. The highest BCUT2D eigenvalue weighted by Crippen LogP contribution is 2.36. The highest BCUT2D eigenvalue weighted by atomic mass is 28.2. The standard InChI is InChI=1S/C18H38O3Si2/c1-13(2)15(5,6)22-20-17(9,10)19-18(11,12)21-23-16(7,8)14(3)4/h13-14H,1-12H3. The molecule has 0 saturated carbocycles. The van der Waals surface area contributed by atoms with E-state index in [2.05, 4.69) is 55.4 Å². The van der Waals surface area contributed by atoms with Gasteiger partial charge in [-0.05, 0) is 49.6 Å². The molecule has 0 aromatic rings. The van der Waals surface area contributed by atoms with Crippen LogP contribution in [0.4, 0.5) is 0 Å². The minimum Gasteiger partial charge on any atom is -0.390 e. The van der Waals surface area contributed by atoms with Crippen LogP contribution in [0.3, 0.4) is 0 Å². The Morgan fingerprint density at radius 1 is 0.565 bits per heavy atom. The summed E-state index contributed by atoms with van der Waals surface area (Å²) in [5, 5.41) is 0.292. The largest absolute Gasteiger partial charge is 0.390 e. The first kappa shape index (κ1) is 23.3. The van der Waals surface area contributed by atoms with Crippen molar-refractivity contribution in [2.75, 3.05) is 0 Å². The van der Waals surface area contributed by atoms with Crippen molar-refractivity contribution in [3.63, 3.8) is 0 Å². The second kappa shape index (κ2) is 8.13. The smallest absolute Gasteiger partial charge is 0.240 e. The molecule has 0 N–H and O–H groups in total. The Bertz CT molecular complexity index is 327. The van der Waals surface area contributed by atoms with Crippen molar-refractivity contribution in [2.24, 2.45) is 11.8 Å². The lowest BCUT2D eigenvalue weighted by atomic mass is 9.99. The summed E-state index contributed by atoms with van der Waals surface area (Å²) in [4.78, 5) is 0. The van der Waals surface area contributed by atoms with Gasteiger partial charge < -0.3 is 13.6 Å². The topological polar surface area (TPSA) is 27.7 Å². The van der Waals surface area contributed by atoms with Gasteiger partial charge in [-0.1, -0.05) is 55.4 Å². The maximum atomic E-state index is 6.15. The fourth-order valence-electron chi connectivity index (χ4n) is 1.38. The highest BCUT2D eigenvalue weighted by molar-refractivity contribution is 6.32. The molecule has 0 spiro atoms. The first-order valence-electron chi connectivity index (χ1n) is 8.61. The first-order valence-corrected chi connectivity index (χ1v) is 10.4. The molecule has 0 aliphatic heterocycles. The van der Waals surface area contributed by atoms with E-state index in [1.165, 1.54) is 0 Å². The van der Waals surface area contributed by atoms with Gasteiger partial charge in [-0.3, -0.25) is 0 Å². The average Bonchev–Trinajstić information content (AvgIpc) is 2.33. The molecule has 0 aromatic carbocycles. The predicted octanol–water partition coefficient (Wildman–Crippen LogP) is 5.46. The van der Waals surface area contributed by atoms with E-state index in [0.717, 1.165) is 0 Å². The van der Waals surface area contributed by atoms with E-state index in [4.69, 9.17) is 13.6 Å². The van der Waals surface area contributed by atoms with Gasteiger partial charge in [0.05, 0.1) is 0 Å². The molecule has 0 rings (SSSR count). The van der Waals surface area contributed by atoms with Crippen molar-refractivity contribution >= 4 is 19.5 Å². The molecule has 23 heavy (non-hydrogen) atoms. The van der Waals surface area contributed by atoms with Crippen LogP contribution in [-0.2, 0) is 13.6 Å². The SMILES string of the molecule is CC(C)C(C)(C)[Si]OC(C)(C)OC(C)(C)O[Si]C(C)(C)C(C)C. The summed E-state index contributed by atoms with van der Waals surface area (Å²) in [5.41, 5.74) is 0. The minimum absolute atomic E-state index is 0.146. The van der Waals surface area contributed by atoms with Crippen LogP contribution in [0, 0.1) is 11.8 Å². The van der Waals surface area contributed by atoms with Gasteiger partial charge in [0.2, 0.25) is 19.5 Å². The van der Waals surface area contributed by atoms with Gasteiger partial charge in [-0.25, -0.2) is 0 Å². The zero-order chi connectivity index (χ0) is 18.7. The van der Waals surface area contributed by atoms with Gasteiger partial charge in [-0.15, -0.1) is 0 Å². The van der Waals surface area contributed by atoms with Crippen LogP contribution >= 0.6 is 0 Å². The lowest BCUT2D eigenvalue weighted by Crippen LogP contribution is -2.44. The first-order chi connectivity index (χ1) is 10.0. The Balaban J connectivity index is 4.62. The maximum Gasteiger partial charge on any atom is 0.240 e. The van der Waals surface area contributed by atoms with Gasteiger partial charge in [0.1, 0.15) is 0 Å². The van der Waals surface area contributed by atoms with Crippen LogP contribution in [0.25, 0.3) is 0 Å². The summed E-state index contributed by atoms with van der Waals surface area (Å²) in [6.07, 6.45) is 0. The fraction of sp³-hybridized carbons (Fsp3) is 1.00. The predicted molar refractivity (Wildman–Crippen MR) is 101 cm³/mol. The van der Waals surface area contributed by atoms with E-state index in [1.54, 1.807) is 0 Å². The van der Waals surface area contributed by atoms with Crippen molar-refractivity contribution in [2.45, 2.75) is 105 Å². The molecule has 0 amide bonds. The third kappa shape index (κ3) is 8.82. The summed E-state index contributed by atoms with van der Waals surface area (Å²) < 4.78 is 18.3.